The molecule has 104 valence electrons. The lowest BCUT2D eigenvalue weighted by molar-refractivity contribution is -0.138. The van der Waals surface area contributed by atoms with Gasteiger partial charge in [0.1, 0.15) is 0 Å². The molecule has 1 aliphatic heterocycles. The Kier molecular flexibility index (Phi) is 4.14. The van der Waals surface area contributed by atoms with Crippen LogP contribution in [0.2, 0.25) is 0 Å². The Morgan fingerprint density at radius 2 is 2.06 bits per heavy atom. The standard InChI is InChI=1S/C12H19F3N2S/c1-9(6-12(13,14)15)17-10-16-7-11(8-18-10)4-2-3-5-11/h9H,2-8H2,1H3,(H,16,17). The van der Waals surface area contributed by atoms with Crippen LogP contribution in [0.3, 0.4) is 0 Å². The van der Waals surface area contributed by atoms with Crippen LogP contribution in [0.15, 0.2) is 4.99 Å². The van der Waals surface area contributed by atoms with Gasteiger partial charge in [0.15, 0.2) is 5.17 Å². The van der Waals surface area contributed by atoms with Gasteiger partial charge in [-0.2, -0.15) is 13.2 Å². The highest BCUT2D eigenvalue weighted by molar-refractivity contribution is 8.13. The SMILES string of the molecule is CC(CC(F)(F)F)NC1=NCC2(CCCC2)CS1. The van der Waals surface area contributed by atoms with Gasteiger partial charge in [-0.1, -0.05) is 24.6 Å². The molecule has 0 aromatic rings. The van der Waals surface area contributed by atoms with Crippen LogP contribution in [-0.2, 0) is 0 Å². The quantitative estimate of drug-likeness (QED) is 0.836. The first kappa shape index (κ1) is 14.0. The molecule has 0 saturated heterocycles. The van der Waals surface area contributed by atoms with E-state index in [2.05, 4.69) is 10.3 Å². The van der Waals surface area contributed by atoms with Crippen molar-refractivity contribution < 1.29 is 13.2 Å². The van der Waals surface area contributed by atoms with Crippen molar-refractivity contribution in [2.24, 2.45) is 10.4 Å². The predicted molar refractivity (Wildman–Crippen MR) is 68.9 cm³/mol. The maximum absolute atomic E-state index is 12.2. The van der Waals surface area contributed by atoms with E-state index in [0.717, 1.165) is 12.3 Å². The normalized spacial score (nSPS) is 25.0. The zero-order valence-electron chi connectivity index (χ0n) is 10.5. The smallest absolute Gasteiger partial charge is 0.362 e. The fraction of sp³-hybridized carbons (Fsp3) is 0.917. The van der Waals surface area contributed by atoms with Crippen LogP contribution < -0.4 is 5.32 Å². The van der Waals surface area contributed by atoms with Crippen LogP contribution in [0.5, 0.6) is 0 Å². The minimum atomic E-state index is -4.11. The van der Waals surface area contributed by atoms with Gasteiger partial charge in [0.25, 0.3) is 0 Å². The monoisotopic (exact) mass is 280 g/mol. The summed E-state index contributed by atoms with van der Waals surface area (Å²) < 4.78 is 36.6. The van der Waals surface area contributed by atoms with Gasteiger partial charge in [-0.05, 0) is 25.2 Å². The molecule has 0 bridgehead atoms. The molecule has 1 N–H and O–H groups in total. The van der Waals surface area contributed by atoms with Gasteiger partial charge in [-0.15, -0.1) is 0 Å². The molecule has 18 heavy (non-hydrogen) atoms. The number of alkyl halides is 3. The third-order valence-electron chi connectivity index (χ3n) is 3.64. The number of halogens is 3. The number of nitrogens with zero attached hydrogens (tertiary/aromatic N) is 1. The topological polar surface area (TPSA) is 24.4 Å². The van der Waals surface area contributed by atoms with E-state index in [1.807, 2.05) is 0 Å². The van der Waals surface area contributed by atoms with Crippen LogP contribution >= 0.6 is 11.8 Å². The van der Waals surface area contributed by atoms with Crippen molar-refractivity contribution in [1.82, 2.24) is 5.32 Å². The van der Waals surface area contributed by atoms with Crippen LogP contribution in [0.25, 0.3) is 0 Å². The minimum absolute atomic E-state index is 0.336. The van der Waals surface area contributed by atoms with Gasteiger partial charge in [0, 0.05) is 18.3 Å². The van der Waals surface area contributed by atoms with Crippen molar-refractivity contribution in [3.8, 4) is 0 Å². The molecule has 0 amide bonds. The number of nitrogens with one attached hydrogen (secondary N) is 1. The third-order valence-corrected chi connectivity index (χ3v) is 4.92. The second kappa shape index (κ2) is 5.31. The number of hydrogen-bond donors (Lipinski definition) is 1. The molecule has 0 radical (unpaired) electrons. The molecule has 1 unspecified atom stereocenters. The number of rotatable bonds is 2. The van der Waals surface area contributed by atoms with Crippen molar-refractivity contribution in [3.63, 3.8) is 0 Å². The molecule has 2 aliphatic rings. The van der Waals surface area contributed by atoms with E-state index >= 15 is 0 Å². The van der Waals surface area contributed by atoms with E-state index < -0.39 is 18.6 Å². The lowest BCUT2D eigenvalue weighted by Crippen LogP contribution is -2.39. The van der Waals surface area contributed by atoms with Gasteiger partial charge >= 0.3 is 6.18 Å². The second-order valence-electron chi connectivity index (χ2n) is 5.48. The molecular formula is C12H19F3N2S. The lowest BCUT2D eigenvalue weighted by Gasteiger charge is -2.32. The molecule has 1 saturated carbocycles. The first-order valence-electron chi connectivity index (χ1n) is 6.39. The molecule has 2 rings (SSSR count). The molecule has 6 heteroatoms. The zero-order chi connectivity index (χ0) is 13.2. The number of hydrogen-bond acceptors (Lipinski definition) is 3. The Hall–Kier alpha value is -0.390. The summed E-state index contributed by atoms with van der Waals surface area (Å²) in [5, 5.41) is 3.56. The van der Waals surface area contributed by atoms with Gasteiger partial charge in [0.05, 0.1) is 6.42 Å². The minimum Gasteiger partial charge on any atom is -0.362 e. The van der Waals surface area contributed by atoms with Gasteiger partial charge < -0.3 is 5.32 Å². The van der Waals surface area contributed by atoms with Crippen molar-refractivity contribution in [2.75, 3.05) is 12.3 Å². The van der Waals surface area contributed by atoms with Gasteiger partial charge in [-0.25, -0.2) is 0 Å². The molecule has 1 heterocycles. The first-order chi connectivity index (χ1) is 8.39. The fourth-order valence-electron chi connectivity index (χ4n) is 2.68. The summed E-state index contributed by atoms with van der Waals surface area (Å²) in [5.41, 5.74) is 0.336. The van der Waals surface area contributed by atoms with Gasteiger partial charge in [0.2, 0.25) is 0 Å². The van der Waals surface area contributed by atoms with Crippen LogP contribution in [0, 0.1) is 5.41 Å². The summed E-state index contributed by atoms with van der Waals surface area (Å²) in [7, 11) is 0. The van der Waals surface area contributed by atoms with E-state index in [1.165, 1.54) is 25.7 Å². The highest BCUT2D eigenvalue weighted by Crippen LogP contribution is 2.43. The number of thioether (sulfide) groups is 1. The van der Waals surface area contributed by atoms with Crippen molar-refractivity contribution in [2.45, 2.75) is 51.2 Å². The second-order valence-corrected chi connectivity index (χ2v) is 6.45. The van der Waals surface area contributed by atoms with E-state index in [4.69, 9.17) is 0 Å². The Bertz CT molecular complexity index is 322. The Morgan fingerprint density at radius 3 is 2.56 bits per heavy atom. The molecule has 2 nitrogen and oxygen atoms in total. The largest absolute Gasteiger partial charge is 0.391 e. The Balaban J connectivity index is 1.83. The highest BCUT2D eigenvalue weighted by atomic mass is 32.2. The average molecular weight is 280 g/mol. The summed E-state index contributed by atoms with van der Waals surface area (Å²) in [6.45, 7) is 2.33. The van der Waals surface area contributed by atoms with Crippen molar-refractivity contribution in [1.29, 1.82) is 0 Å². The number of aliphatic imine (C=N–C) groups is 1. The molecule has 1 aliphatic carbocycles. The van der Waals surface area contributed by atoms with Gasteiger partial charge in [-0.3, -0.25) is 4.99 Å². The van der Waals surface area contributed by atoms with Crippen LogP contribution in [0.4, 0.5) is 13.2 Å². The molecule has 0 aromatic carbocycles. The van der Waals surface area contributed by atoms with Crippen LogP contribution in [0.1, 0.15) is 39.0 Å². The summed E-state index contributed by atoms with van der Waals surface area (Å²) in [5.74, 6) is 0.998. The van der Waals surface area contributed by atoms with E-state index in [0.29, 0.717) is 10.6 Å². The summed E-state index contributed by atoms with van der Waals surface area (Å²) in [6.07, 6.45) is 0.0487. The fourth-order valence-corrected chi connectivity index (χ4v) is 3.94. The predicted octanol–water partition coefficient (Wildman–Crippen LogP) is 3.58. The van der Waals surface area contributed by atoms with E-state index in [9.17, 15) is 13.2 Å². The lowest BCUT2D eigenvalue weighted by atomic mass is 9.89. The Labute approximate surface area is 110 Å². The van der Waals surface area contributed by atoms with E-state index in [1.54, 1.807) is 18.7 Å². The maximum atomic E-state index is 12.2. The molecule has 0 aromatic heterocycles. The maximum Gasteiger partial charge on any atom is 0.391 e. The van der Waals surface area contributed by atoms with Crippen molar-refractivity contribution in [3.05, 3.63) is 0 Å². The van der Waals surface area contributed by atoms with Crippen LogP contribution in [-0.4, -0.2) is 29.7 Å². The summed E-state index contributed by atoms with van der Waals surface area (Å²) >= 11 is 1.59. The van der Waals surface area contributed by atoms with E-state index in [-0.39, 0.29) is 0 Å². The molecule has 1 spiro atoms. The first-order valence-corrected chi connectivity index (χ1v) is 7.38. The summed E-state index contributed by atoms with van der Waals surface area (Å²) in [6, 6.07) is -0.603. The zero-order valence-corrected chi connectivity index (χ0v) is 11.3. The average Bonchev–Trinajstić information content (AvgIpc) is 2.68. The Morgan fingerprint density at radius 1 is 1.39 bits per heavy atom. The molecule has 1 atom stereocenters. The number of amidine groups is 1. The third kappa shape index (κ3) is 3.80. The molecular weight excluding hydrogens is 261 g/mol. The molecule has 1 fully saturated rings. The highest BCUT2D eigenvalue weighted by Gasteiger charge is 2.37. The summed E-state index contributed by atoms with van der Waals surface area (Å²) in [4.78, 5) is 4.44. The van der Waals surface area contributed by atoms with Crippen molar-refractivity contribution >= 4 is 16.9 Å².